The first-order valence-corrected chi connectivity index (χ1v) is 5.89. The normalized spacial score (nSPS) is 32.2. The van der Waals surface area contributed by atoms with Gasteiger partial charge in [-0.1, -0.05) is 0 Å². The molecule has 94 valence electrons. The van der Waals surface area contributed by atoms with Crippen LogP contribution in [0.3, 0.4) is 0 Å². The number of aliphatic carboxylic acids is 1. The molecule has 0 aromatic heterocycles. The molecular formula is C11H16N2O4. The molecule has 0 aromatic rings. The van der Waals surface area contributed by atoms with Crippen molar-refractivity contribution in [1.82, 2.24) is 10.6 Å². The molecule has 0 spiro atoms. The van der Waals surface area contributed by atoms with Crippen molar-refractivity contribution in [3.8, 4) is 0 Å². The highest BCUT2D eigenvalue weighted by atomic mass is 16.4. The Balaban J connectivity index is 1.80. The van der Waals surface area contributed by atoms with Crippen molar-refractivity contribution < 1.29 is 19.5 Å². The molecule has 17 heavy (non-hydrogen) atoms. The monoisotopic (exact) mass is 240 g/mol. The SMILES string of the molecule is O=C1CC[C@@H](C(=O)NC2CCC(C(=O)O)C2)N1. The smallest absolute Gasteiger partial charge is 0.306 e. The summed E-state index contributed by atoms with van der Waals surface area (Å²) in [7, 11) is 0. The Labute approximate surface area is 98.8 Å². The highest BCUT2D eigenvalue weighted by molar-refractivity contribution is 5.90. The summed E-state index contributed by atoms with van der Waals surface area (Å²) >= 11 is 0. The Morgan fingerprint density at radius 2 is 2.06 bits per heavy atom. The van der Waals surface area contributed by atoms with Crippen LogP contribution in [-0.4, -0.2) is 35.0 Å². The van der Waals surface area contributed by atoms with E-state index in [1.54, 1.807) is 0 Å². The first kappa shape index (κ1) is 11.9. The number of hydrogen-bond acceptors (Lipinski definition) is 3. The summed E-state index contributed by atoms with van der Waals surface area (Å²) in [6, 6.07) is -0.507. The molecule has 3 N–H and O–H groups in total. The maximum atomic E-state index is 11.8. The zero-order chi connectivity index (χ0) is 12.4. The van der Waals surface area contributed by atoms with E-state index in [0.29, 0.717) is 32.1 Å². The number of amides is 2. The fourth-order valence-electron chi connectivity index (χ4n) is 2.45. The van der Waals surface area contributed by atoms with Crippen molar-refractivity contribution in [2.45, 2.75) is 44.2 Å². The number of carbonyl (C=O) groups is 3. The van der Waals surface area contributed by atoms with Gasteiger partial charge in [0, 0.05) is 12.5 Å². The Morgan fingerprint density at radius 1 is 1.29 bits per heavy atom. The average molecular weight is 240 g/mol. The number of nitrogens with one attached hydrogen (secondary N) is 2. The Kier molecular flexibility index (Phi) is 3.31. The zero-order valence-corrected chi connectivity index (χ0v) is 9.44. The van der Waals surface area contributed by atoms with Gasteiger partial charge in [0.15, 0.2) is 0 Å². The molecule has 0 radical (unpaired) electrons. The van der Waals surface area contributed by atoms with Crippen molar-refractivity contribution in [3.05, 3.63) is 0 Å². The van der Waals surface area contributed by atoms with Gasteiger partial charge in [0.1, 0.15) is 6.04 Å². The van der Waals surface area contributed by atoms with E-state index >= 15 is 0 Å². The van der Waals surface area contributed by atoms with E-state index in [1.807, 2.05) is 0 Å². The molecule has 2 unspecified atom stereocenters. The predicted molar refractivity (Wildman–Crippen MR) is 58.1 cm³/mol. The quantitative estimate of drug-likeness (QED) is 0.627. The molecule has 6 nitrogen and oxygen atoms in total. The van der Waals surface area contributed by atoms with Crippen LogP contribution >= 0.6 is 0 Å². The van der Waals surface area contributed by atoms with Gasteiger partial charge in [0.25, 0.3) is 0 Å². The molecule has 6 heteroatoms. The number of carboxylic acid groups (broad SMARTS) is 1. The summed E-state index contributed by atoms with van der Waals surface area (Å²) in [5, 5.41) is 14.2. The predicted octanol–water partition coefficient (Wildman–Crippen LogP) is -0.365. The molecule has 1 saturated heterocycles. The fraction of sp³-hybridized carbons (Fsp3) is 0.727. The summed E-state index contributed by atoms with van der Waals surface area (Å²) in [5.74, 6) is -1.43. The second-order valence-electron chi connectivity index (χ2n) is 4.71. The van der Waals surface area contributed by atoms with Gasteiger partial charge in [0.05, 0.1) is 5.92 Å². The lowest BCUT2D eigenvalue weighted by molar-refractivity contribution is -0.141. The first-order chi connectivity index (χ1) is 8.06. The lowest BCUT2D eigenvalue weighted by Crippen LogP contribution is -2.45. The van der Waals surface area contributed by atoms with Gasteiger partial charge in [-0.3, -0.25) is 14.4 Å². The van der Waals surface area contributed by atoms with Crippen LogP contribution in [0.5, 0.6) is 0 Å². The zero-order valence-electron chi connectivity index (χ0n) is 9.44. The minimum absolute atomic E-state index is 0.0684. The van der Waals surface area contributed by atoms with Gasteiger partial charge >= 0.3 is 5.97 Å². The lowest BCUT2D eigenvalue weighted by Gasteiger charge is -2.16. The fourth-order valence-corrected chi connectivity index (χ4v) is 2.45. The van der Waals surface area contributed by atoms with Crippen LogP contribution in [0.25, 0.3) is 0 Å². The molecule has 0 aromatic carbocycles. The van der Waals surface area contributed by atoms with Crippen molar-refractivity contribution in [2.75, 3.05) is 0 Å². The third kappa shape index (κ3) is 2.75. The van der Waals surface area contributed by atoms with Gasteiger partial charge in [-0.25, -0.2) is 0 Å². The van der Waals surface area contributed by atoms with E-state index in [9.17, 15) is 14.4 Å². The topological polar surface area (TPSA) is 95.5 Å². The summed E-state index contributed by atoms with van der Waals surface area (Å²) in [6.07, 6.45) is 2.71. The van der Waals surface area contributed by atoms with Gasteiger partial charge in [-0.15, -0.1) is 0 Å². The van der Waals surface area contributed by atoms with Crippen molar-refractivity contribution >= 4 is 17.8 Å². The van der Waals surface area contributed by atoms with Crippen LogP contribution in [-0.2, 0) is 14.4 Å². The van der Waals surface area contributed by atoms with Gasteiger partial charge in [0.2, 0.25) is 11.8 Å². The van der Waals surface area contributed by atoms with E-state index in [1.165, 1.54) is 0 Å². The Bertz CT molecular complexity index is 355. The minimum atomic E-state index is -0.795. The molecule has 2 amide bonds. The van der Waals surface area contributed by atoms with Crippen LogP contribution in [0.2, 0.25) is 0 Å². The molecule has 1 saturated carbocycles. The first-order valence-electron chi connectivity index (χ1n) is 5.89. The van der Waals surface area contributed by atoms with E-state index in [2.05, 4.69) is 10.6 Å². The molecule has 1 aliphatic heterocycles. The molecular weight excluding hydrogens is 224 g/mol. The highest BCUT2D eigenvalue weighted by Gasteiger charge is 2.33. The summed E-state index contributed by atoms with van der Waals surface area (Å²) in [4.78, 5) is 33.5. The van der Waals surface area contributed by atoms with E-state index in [4.69, 9.17) is 5.11 Å². The highest BCUT2D eigenvalue weighted by Crippen LogP contribution is 2.25. The maximum absolute atomic E-state index is 11.8. The second kappa shape index (κ2) is 4.73. The molecule has 3 atom stereocenters. The number of carbonyl (C=O) groups excluding carboxylic acids is 2. The molecule has 2 fully saturated rings. The summed E-state index contributed by atoms with van der Waals surface area (Å²) in [6.45, 7) is 0. The summed E-state index contributed by atoms with van der Waals surface area (Å²) in [5.41, 5.74) is 0. The van der Waals surface area contributed by atoms with Crippen molar-refractivity contribution in [2.24, 2.45) is 5.92 Å². The van der Waals surface area contributed by atoms with Crippen molar-refractivity contribution in [3.63, 3.8) is 0 Å². The number of rotatable bonds is 3. The standard InChI is InChI=1S/C11H16N2O4/c14-9-4-3-8(13-9)10(15)12-7-2-1-6(5-7)11(16)17/h6-8H,1-5H2,(H,12,15)(H,13,14)(H,16,17)/t6?,7?,8-/m0/s1. The van der Waals surface area contributed by atoms with Crippen molar-refractivity contribution in [1.29, 1.82) is 0 Å². The minimum Gasteiger partial charge on any atom is -0.481 e. The van der Waals surface area contributed by atoms with Crippen LogP contribution in [0.1, 0.15) is 32.1 Å². The maximum Gasteiger partial charge on any atom is 0.306 e. The third-order valence-corrected chi connectivity index (χ3v) is 3.44. The molecule has 0 bridgehead atoms. The molecule has 1 aliphatic carbocycles. The lowest BCUT2D eigenvalue weighted by atomic mass is 10.1. The van der Waals surface area contributed by atoms with Crippen LogP contribution in [0.15, 0.2) is 0 Å². The molecule has 2 rings (SSSR count). The van der Waals surface area contributed by atoms with Gasteiger partial charge < -0.3 is 15.7 Å². The van der Waals surface area contributed by atoms with Gasteiger partial charge in [-0.2, -0.15) is 0 Å². The van der Waals surface area contributed by atoms with Crippen LogP contribution < -0.4 is 10.6 Å². The largest absolute Gasteiger partial charge is 0.481 e. The van der Waals surface area contributed by atoms with E-state index in [0.717, 1.165) is 0 Å². The average Bonchev–Trinajstić information content (AvgIpc) is 2.86. The van der Waals surface area contributed by atoms with E-state index in [-0.39, 0.29) is 23.8 Å². The van der Waals surface area contributed by atoms with E-state index < -0.39 is 12.0 Å². The second-order valence-corrected chi connectivity index (χ2v) is 4.71. The van der Waals surface area contributed by atoms with Crippen LogP contribution in [0, 0.1) is 5.92 Å². The third-order valence-electron chi connectivity index (χ3n) is 3.44. The number of hydrogen-bond donors (Lipinski definition) is 3. The number of carboxylic acids is 1. The Morgan fingerprint density at radius 3 is 2.59 bits per heavy atom. The van der Waals surface area contributed by atoms with Gasteiger partial charge in [-0.05, 0) is 25.7 Å². The molecule has 1 heterocycles. The Hall–Kier alpha value is -1.59. The molecule has 2 aliphatic rings. The van der Waals surface area contributed by atoms with Crippen LogP contribution in [0.4, 0.5) is 0 Å². The summed E-state index contributed by atoms with van der Waals surface area (Å²) < 4.78 is 0.